The molecule has 2 heterocycles. The Balaban J connectivity index is 0.00000120. The zero-order valence-electron chi connectivity index (χ0n) is 10.3. The van der Waals surface area contributed by atoms with Gasteiger partial charge < -0.3 is 10.1 Å². The summed E-state index contributed by atoms with van der Waals surface area (Å²) in [5.74, 6) is 0.964. The smallest absolute Gasteiger partial charge is 0.127 e. The van der Waals surface area contributed by atoms with Crippen molar-refractivity contribution in [3.05, 3.63) is 36.7 Å². The average Bonchev–Trinajstić information content (AvgIpc) is 2.75. The molecule has 2 aromatic rings. The van der Waals surface area contributed by atoms with E-state index in [4.69, 9.17) is 4.74 Å². The molecule has 1 saturated heterocycles. The largest absolute Gasteiger partial charge is 0.488 e. The third kappa shape index (κ3) is 2.69. The summed E-state index contributed by atoms with van der Waals surface area (Å²) >= 11 is 0. The summed E-state index contributed by atoms with van der Waals surface area (Å²) in [6.07, 6.45) is 5.04. The van der Waals surface area contributed by atoms with Gasteiger partial charge in [0.15, 0.2) is 0 Å². The van der Waals surface area contributed by atoms with Gasteiger partial charge in [0.2, 0.25) is 0 Å². The molecule has 3 rings (SSSR count). The number of fused-ring (bicyclic) bond motifs is 1. The summed E-state index contributed by atoms with van der Waals surface area (Å²) in [5, 5.41) is 5.67. The van der Waals surface area contributed by atoms with Gasteiger partial charge in [0.25, 0.3) is 0 Å². The Morgan fingerprint density at radius 2 is 2.22 bits per heavy atom. The fraction of sp³-hybridized carbons (Fsp3) is 0.357. The molecule has 2 atom stereocenters. The van der Waals surface area contributed by atoms with E-state index in [1.54, 1.807) is 0 Å². The van der Waals surface area contributed by atoms with Crippen molar-refractivity contribution in [1.82, 2.24) is 10.3 Å². The van der Waals surface area contributed by atoms with Gasteiger partial charge in [0.05, 0.1) is 0 Å². The van der Waals surface area contributed by atoms with E-state index in [1.165, 1.54) is 0 Å². The van der Waals surface area contributed by atoms with Crippen molar-refractivity contribution < 1.29 is 23.3 Å². The molecule has 4 heteroatoms. The molecule has 18 heavy (non-hydrogen) atoms. The van der Waals surface area contributed by atoms with Gasteiger partial charge in [0, 0.05) is 60.7 Å². The molecule has 1 fully saturated rings. The average molecular weight is 279 g/mol. The van der Waals surface area contributed by atoms with Crippen LogP contribution in [0, 0.1) is 0 Å². The number of nitrogens with zero attached hydrogens (tertiary/aromatic N) is 1. The van der Waals surface area contributed by atoms with Crippen molar-refractivity contribution >= 4 is 10.8 Å². The standard InChI is InChI=1S/C14H16N2O.V/c1-10-7-12(9-16-10)17-14-4-2-3-11-8-15-6-5-13(11)14;/h2-6,8,10,12,16H,7,9H2,1H3;. The molecule has 2 unspecified atom stereocenters. The number of hydrogen-bond acceptors (Lipinski definition) is 3. The van der Waals surface area contributed by atoms with E-state index in [9.17, 15) is 0 Å². The van der Waals surface area contributed by atoms with E-state index in [1.807, 2.05) is 30.6 Å². The minimum Gasteiger partial charge on any atom is -0.488 e. The normalized spacial score (nSPS) is 22.7. The van der Waals surface area contributed by atoms with Gasteiger partial charge in [0.1, 0.15) is 11.9 Å². The van der Waals surface area contributed by atoms with Crippen LogP contribution in [0.3, 0.4) is 0 Å². The summed E-state index contributed by atoms with van der Waals surface area (Å²) in [4.78, 5) is 4.13. The summed E-state index contributed by atoms with van der Waals surface area (Å²) in [5.41, 5.74) is 0. The zero-order valence-corrected chi connectivity index (χ0v) is 11.7. The number of aromatic nitrogens is 1. The predicted molar refractivity (Wildman–Crippen MR) is 68.2 cm³/mol. The van der Waals surface area contributed by atoms with Crippen molar-refractivity contribution in [3.63, 3.8) is 0 Å². The minimum atomic E-state index is 0. The van der Waals surface area contributed by atoms with Crippen LogP contribution < -0.4 is 10.1 Å². The summed E-state index contributed by atoms with van der Waals surface area (Å²) in [6.45, 7) is 3.12. The summed E-state index contributed by atoms with van der Waals surface area (Å²) in [7, 11) is 0. The van der Waals surface area contributed by atoms with E-state index in [2.05, 4.69) is 23.3 Å². The fourth-order valence-corrected chi connectivity index (χ4v) is 2.36. The van der Waals surface area contributed by atoms with E-state index in [-0.39, 0.29) is 24.7 Å². The SMILES string of the molecule is CC1CC(Oc2cccc3cnccc23)CN1.[V]. The summed E-state index contributed by atoms with van der Waals surface area (Å²) < 4.78 is 6.07. The van der Waals surface area contributed by atoms with Crippen molar-refractivity contribution in [3.8, 4) is 5.75 Å². The zero-order chi connectivity index (χ0) is 11.7. The molecular formula is C14H16N2OV. The van der Waals surface area contributed by atoms with Crippen LogP contribution in [0.15, 0.2) is 36.7 Å². The molecule has 1 N–H and O–H groups in total. The van der Waals surface area contributed by atoms with Gasteiger partial charge in [-0.1, -0.05) is 12.1 Å². The second-order valence-corrected chi connectivity index (χ2v) is 4.64. The van der Waals surface area contributed by atoms with Crippen molar-refractivity contribution in [2.75, 3.05) is 6.54 Å². The number of hydrogen-bond donors (Lipinski definition) is 1. The van der Waals surface area contributed by atoms with Crippen LogP contribution in [-0.4, -0.2) is 23.7 Å². The molecule has 0 saturated carbocycles. The molecule has 0 bridgehead atoms. The predicted octanol–water partition coefficient (Wildman–Crippen LogP) is 2.36. The van der Waals surface area contributed by atoms with E-state index >= 15 is 0 Å². The maximum absolute atomic E-state index is 6.07. The maximum atomic E-state index is 6.07. The first-order valence-corrected chi connectivity index (χ1v) is 6.06. The Morgan fingerprint density at radius 3 is 3.00 bits per heavy atom. The van der Waals surface area contributed by atoms with E-state index in [0.717, 1.165) is 29.5 Å². The molecule has 1 aliphatic rings. The van der Waals surface area contributed by atoms with Gasteiger partial charge >= 0.3 is 0 Å². The van der Waals surface area contributed by atoms with Crippen LogP contribution in [0.1, 0.15) is 13.3 Å². The number of nitrogens with one attached hydrogen (secondary N) is 1. The van der Waals surface area contributed by atoms with E-state index in [0.29, 0.717) is 6.04 Å². The van der Waals surface area contributed by atoms with Gasteiger partial charge in [-0.25, -0.2) is 0 Å². The third-order valence-electron chi connectivity index (χ3n) is 3.24. The maximum Gasteiger partial charge on any atom is 0.127 e. The second-order valence-electron chi connectivity index (χ2n) is 4.64. The molecule has 0 aliphatic carbocycles. The number of rotatable bonds is 2. The summed E-state index contributed by atoms with van der Waals surface area (Å²) in [6, 6.07) is 8.68. The molecule has 1 aromatic heterocycles. The molecular weight excluding hydrogens is 263 g/mol. The monoisotopic (exact) mass is 279 g/mol. The Labute approximate surface area is 119 Å². The molecule has 0 amide bonds. The quantitative estimate of drug-likeness (QED) is 0.916. The Bertz CT molecular complexity index is 527. The van der Waals surface area contributed by atoms with Gasteiger partial charge in [-0.05, 0) is 19.1 Å². The van der Waals surface area contributed by atoms with Crippen molar-refractivity contribution in [2.45, 2.75) is 25.5 Å². The van der Waals surface area contributed by atoms with Crippen LogP contribution in [-0.2, 0) is 18.6 Å². The Hall–Kier alpha value is -1.03. The molecule has 3 nitrogen and oxygen atoms in total. The molecule has 1 radical (unpaired) electrons. The minimum absolute atomic E-state index is 0. The van der Waals surface area contributed by atoms with Crippen LogP contribution in [0.25, 0.3) is 10.8 Å². The molecule has 1 aliphatic heterocycles. The molecule has 0 spiro atoms. The van der Waals surface area contributed by atoms with Gasteiger partial charge in [-0.15, -0.1) is 0 Å². The first-order chi connectivity index (χ1) is 8.33. The van der Waals surface area contributed by atoms with Gasteiger partial charge in [-0.3, -0.25) is 4.98 Å². The Morgan fingerprint density at radius 1 is 1.33 bits per heavy atom. The number of pyridine rings is 1. The van der Waals surface area contributed by atoms with Crippen molar-refractivity contribution in [1.29, 1.82) is 0 Å². The van der Waals surface area contributed by atoms with Gasteiger partial charge in [-0.2, -0.15) is 0 Å². The van der Waals surface area contributed by atoms with Crippen LogP contribution in [0.4, 0.5) is 0 Å². The molecule has 93 valence electrons. The van der Waals surface area contributed by atoms with Crippen LogP contribution >= 0.6 is 0 Å². The second kappa shape index (κ2) is 5.74. The third-order valence-corrected chi connectivity index (χ3v) is 3.24. The number of ether oxygens (including phenoxy) is 1. The topological polar surface area (TPSA) is 34.1 Å². The Kier molecular flexibility index (Phi) is 4.28. The van der Waals surface area contributed by atoms with Crippen molar-refractivity contribution in [2.24, 2.45) is 0 Å². The van der Waals surface area contributed by atoms with Crippen LogP contribution in [0.2, 0.25) is 0 Å². The first-order valence-electron chi connectivity index (χ1n) is 6.06. The fourth-order valence-electron chi connectivity index (χ4n) is 2.36. The van der Waals surface area contributed by atoms with Crippen LogP contribution in [0.5, 0.6) is 5.75 Å². The molecule has 1 aromatic carbocycles. The first kappa shape index (κ1) is 13.4. The van der Waals surface area contributed by atoms with E-state index < -0.39 is 0 Å². The number of benzene rings is 1.